The zero-order valence-electron chi connectivity index (χ0n) is 16.9. The SMILES string of the molecule is COc1ccc(CC(=O)N2[C@@H]3CC[C@H]2CC(c2nc(-c4ccncc4)no2)C3)cc1. The minimum atomic E-state index is 0.203. The number of hydrogen-bond acceptors (Lipinski definition) is 6. The molecule has 2 bridgehead atoms. The van der Waals surface area contributed by atoms with Gasteiger partial charge in [-0.3, -0.25) is 9.78 Å². The molecule has 0 saturated carbocycles. The zero-order chi connectivity index (χ0) is 20.5. The molecule has 2 aromatic heterocycles. The standard InChI is InChI=1S/C23H24N4O3/c1-29-20-6-2-15(3-7-20)12-21(28)27-18-4-5-19(27)14-17(13-18)23-25-22(26-30-23)16-8-10-24-11-9-16/h2-3,6-11,17-19H,4-5,12-14H2,1H3/t17?,18-,19+. The highest BCUT2D eigenvalue weighted by atomic mass is 16.5. The Labute approximate surface area is 175 Å². The molecule has 1 unspecified atom stereocenters. The molecule has 154 valence electrons. The molecule has 0 aliphatic carbocycles. The van der Waals surface area contributed by atoms with Gasteiger partial charge in [0.1, 0.15) is 5.75 Å². The van der Waals surface area contributed by atoms with Crippen LogP contribution in [0.25, 0.3) is 11.4 Å². The van der Waals surface area contributed by atoms with Gasteiger partial charge in [0, 0.05) is 36.0 Å². The van der Waals surface area contributed by atoms with Crippen molar-refractivity contribution < 1.29 is 14.1 Å². The van der Waals surface area contributed by atoms with Crippen LogP contribution in [0.3, 0.4) is 0 Å². The second-order valence-corrected chi connectivity index (χ2v) is 8.07. The third kappa shape index (κ3) is 3.56. The first-order valence-corrected chi connectivity index (χ1v) is 10.4. The topological polar surface area (TPSA) is 81.4 Å². The third-order valence-electron chi connectivity index (χ3n) is 6.26. The number of benzene rings is 1. The van der Waals surface area contributed by atoms with E-state index in [1.807, 2.05) is 36.4 Å². The Balaban J connectivity index is 1.27. The van der Waals surface area contributed by atoms with Crippen molar-refractivity contribution in [3.05, 3.63) is 60.2 Å². The maximum atomic E-state index is 13.1. The summed E-state index contributed by atoms with van der Waals surface area (Å²) in [7, 11) is 1.64. The van der Waals surface area contributed by atoms with E-state index in [1.54, 1.807) is 19.5 Å². The lowest BCUT2D eigenvalue weighted by Gasteiger charge is -2.38. The highest BCUT2D eigenvalue weighted by Gasteiger charge is 2.44. The first-order valence-electron chi connectivity index (χ1n) is 10.4. The van der Waals surface area contributed by atoms with E-state index in [0.717, 1.165) is 42.6 Å². The molecule has 3 atom stereocenters. The average molecular weight is 404 g/mol. The van der Waals surface area contributed by atoms with Gasteiger partial charge in [0.2, 0.25) is 17.6 Å². The van der Waals surface area contributed by atoms with Crippen molar-refractivity contribution in [3.8, 4) is 17.1 Å². The largest absolute Gasteiger partial charge is 0.497 e. The Kier molecular flexibility index (Phi) is 4.94. The summed E-state index contributed by atoms with van der Waals surface area (Å²) >= 11 is 0. The van der Waals surface area contributed by atoms with E-state index in [-0.39, 0.29) is 23.9 Å². The van der Waals surface area contributed by atoms with Gasteiger partial charge in [0.25, 0.3) is 0 Å². The Bertz CT molecular complexity index is 1000. The molecule has 0 N–H and O–H groups in total. The number of hydrogen-bond donors (Lipinski definition) is 0. The summed E-state index contributed by atoms with van der Waals surface area (Å²) in [6.45, 7) is 0. The number of carbonyl (C=O) groups is 1. The number of fused-ring (bicyclic) bond motifs is 2. The first kappa shape index (κ1) is 18.8. The Morgan fingerprint density at radius 1 is 1.10 bits per heavy atom. The molecule has 2 aliphatic heterocycles. The van der Waals surface area contributed by atoms with Crippen molar-refractivity contribution in [2.75, 3.05) is 7.11 Å². The molecule has 4 heterocycles. The van der Waals surface area contributed by atoms with Crippen LogP contribution in [-0.2, 0) is 11.2 Å². The molecule has 2 fully saturated rings. The number of methoxy groups -OCH3 is 1. The molecular weight excluding hydrogens is 380 g/mol. The number of carbonyl (C=O) groups excluding carboxylic acids is 1. The minimum absolute atomic E-state index is 0.203. The number of piperidine rings is 1. The highest BCUT2D eigenvalue weighted by molar-refractivity contribution is 5.80. The van der Waals surface area contributed by atoms with E-state index in [2.05, 4.69) is 20.0 Å². The lowest BCUT2D eigenvalue weighted by atomic mass is 9.90. The van der Waals surface area contributed by atoms with Gasteiger partial charge in [0.15, 0.2) is 0 Å². The van der Waals surface area contributed by atoms with Gasteiger partial charge in [-0.15, -0.1) is 0 Å². The van der Waals surface area contributed by atoms with Crippen LogP contribution in [0.2, 0.25) is 0 Å². The fourth-order valence-electron chi connectivity index (χ4n) is 4.81. The monoisotopic (exact) mass is 404 g/mol. The third-order valence-corrected chi connectivity index (χ3v) is 6.26. The van der Waals surface area contributed by atoms with Crippen molar-refractivity contribution in [1.82, 2.24) is 20.0 Å². The van der Waals surface area contributed by atoms with Crippen molar-refractivity contribution >= 4 is 5.91 Å². The van der Waals surface area contributed by atoms with Crippen LogP contribution in [0.5, 0.6) is 5.75 Å². The number of rotatable bonds is 5. The van der Waals surface area contributed by atoms with E-state index in [4.69, 9.17) is 9.26 Å². The molecule has 0 spiro atoms. The molecule has 7 heteroatoms. The Hall–Kier alpha value is -3.22. The second kappa shape index (κ2) is 7.89. The van der Waals surface area contributed by atoms with Crippen LogP contribution in [-0.4, -0.2) is 45.1 Å². The lowest BCUT2D eigenvalue weighted by Crippen LogP contribution is -2.46. The van der Waals surface area contributed by atoms with Crippen molar-refractivity contribution in [3.63, 3.8) is 0 Å². The summed E-state index contributed by atoms with van der Waals surface area (Å²) in [6.07, 6.45) is 7.71. The van der Waals surface area contributed by atoms with Crippen LogP contribution in [0.1, 0.15) is 43.1 Å². The van der Waals surface area contributed by atoms with Crippen LogP contribution >= 0.6 is 0 Å². The Morgan fingerprint density at radius 3 is 2.47 bits per heavy atom. The fourth-order valence-corrected chi connectivity index (χ4v) is 4.81. The maximum absolute atomic E-state index is 13.1. The molecule has 2 saturated heterocycles. The first-order chi connectivity index (χ1) is 14.7. The minimum Gasteiger partial charge on any atom is -0.497 e. The number of aromatic nitrogens is 3. The molecular formula is C23H24N4O3. The Morgan fingerprint density at radius 2 is 1.80 bits per heavy atom. The zero-order valence-corrected chi connectivity index (χ0v) is 16.9. The van der Waals surface area contributed by atoms with Crippen LogP contribution in [0.4, 0.5) is 0 Å². The van der Waals surface area contributed by atoms with Crippen molar-refractivity contribution in [1.29, 1.82) is 0 Å². The van der Waals surface area contributed by atoms with E-state index < -0.39 is 0 Å². The van der Waals surface area contributed by atoms with Gasteiger partial charge >= 0.3 is 0 Å². The fraction of sp³-hybridized carbons (Fsp3) is 0.391. The lowest BCUT2D eigenvalue weighted by molar-refractivity contribution is -0.135. The number of ether oxygens (including phenoxy) is 1. The number of pyridine rings is 1. The normalized spacial score (nSPS) is 22.8. The van der Waals surface area contributed by atoms with Gasteiger partial charge < -0.3 is 14.2 Å². The van der Waals surface area contributed by atoms with Gasteiger partial charge in [0.05, 0.1) is 13.5 Å². The number of amides is 1. The van der Waals surface area contributed by atoms with Crippen LogP contribution in [0, 0.1) is 0 Å². The molecule has 7 nitrogen and oxygen atoms in total. The highest BCUT2D eigenvalue weighted by Crippen LogP contribution is 2.43. The van der Waals surface area contributed by atoms with Crippen LogP contribution < -0.4 is 4.74 Å². The van der Waals surface area contributed by atoms with Crippen molar-refractivity contribution in [2.24, 2.45) is 0 Å². The summed E-state index contributed by atoms with van der Waals surface area (Å²) in [4.78, 5) is 23.8. The summed E-state index contributed by atoms with van der Waals surface area (Å²) in [5, 5.41) is 4.15. The molecule has 1 amide bonds. The molecule has 0 radical (unpaired) electrons. The maximum Gasteiger partial charge on any atom is 0.230 e. The number of nitrogens with zero attached hydrogens (tertiary/aromatic N) is 4. The van der Waals surface area contributed by atoms with E-state index in [0.29, 0.717) is 18.1 Å². The quantitative estimate of drug-likeness (QED) is 0.646. The van der Waals surface area contributed by atoms with Gasteiger partial charge in [-0.25, -0.2) is 0 Å². The summed E-state index contributed by atoms with van der Waals surface area (Å²) in [6, 6.07) is 12.0. The molecule has 5 rings (SSSR count). The van der Waals surface area contributed by atoms with E-state index >= 15 is 0 Å². The van der Waals surface area contributed by atoms with E-state index in [1.165, 1.54) is 0 Å². The van der Waals surface area contributed by atoms with Crippen LogP contribution in [0.15, 0.2) is 53.3 Å². The smallest absolute Gasteiger partial charge is 0.230 e. The molecule has 3 aromatic rings. The van der Waals surface area contributed by atoms with E-state index in [9.17, 15) is 4.79 Å². The van der Waals surface area contributed by atoms with Gasteiger partial charge in [-0.1, -0.05) is 17.3 Å². The predicted molar refractivity (Wildman–Crippen MR) is 110 cm³/mol. The van der Waals surface area contributed by atoms with Gasteiger partial charge in [-0.05, 0) is 55.5 Å². The molecule has 1 aromatic carbocycles. The summed E-state index contributed by atoms with van der Waals surface area (Å²) < 4.78 is 10.8. The predicted octanol–water partition coefficient (Wildman–Crippen LogP) is 3.62. The second-order valence-electron chi connectivity index (χ2n) is 8.07. The molecule has 30 heavy (non-hydrogen) atoms. The molecule has 2 aliphatic rings. The van der Waals surface area contributed by atoms with Gasteiger partial charge in [-0.2, -0.15) is 4.98 Å². The summed E-state index contributed by atoms with van der Waals surface area (Å²) in [5.74, 6) is 2.49. The van der Waals surface area contributed by atoms with Crippen molar-refractivity contribution in [2.45, 2.75) is 50.1 Å². The summed E-state index contributed by atoms with van der Waals surface area (Å²) in [5.41, 5.74) is 1.91. The average Bonchev–Trinajstić information content (AvgIpc) is 3.38.